The van der Waals surface area contributed by atoms with Gasteiger partial charge in [0, 0.05) is 39.3 Å². The van der Waals surface area contributed by atoms with Crippen molar-refractivity contribution >= 4 is 17.2 Å². The Bertz CT molecular complexity index is 215. The second-order valence-corrected chi connectivity index (χ2v) is 4.79. The van der Waals surface area contributed by atoms with E-state index in [9.17, 15) is 0 Å². The highest BCUT2D eigenvalue weighted by atomic mass is 32.1. The standard InChI is InChI=1S/C12H26N2O2S/c1-5-11(8-12(13)17)14(6-7-15-3)10(2)9-16-4/h10-11H,5-9H2,1-4H3,(H2,13,17). The third-order valence-corrected chi connectivity index (χ3v) is 3.07. The van der Waals surface area contributed by atoms with E-state index in [0.717, 1.165) is 19.4 Å². The maximum Gasteiger partial charge on any atom is 0.0743 e. The van der Waals surface area contributed by atoms with Gasteiger partial charge in [-0.1, -0.05) is 19.1 Å². The predicted molar refractivity (Wildman–Crippen MR) is 75.4 cm³/mol. The van der Waals surface area contributed by atoms with Gasteiger partial charge in [0.15, 0.2) is 0 Å². The molecule has 0 radical (unpaired) electrons. The van der Waals surface area contributed by atoms with Crippen LogP contribution in [0.5, 0.6) is 0 Å². The van der Waals surface area contributed by atoms with Crippen molar-refractivity contribution < 1.29 is 9.47 Å². The summed E-state index contributed by atoms with van der Waals surface area (Å²) in [7, 11) is 3.44. The maximum absolute atomic E-state index is 5.65. The van der Waals surface area contributed by atoms with Gasteiger partial charge in [-0.3, -0.25) is 4.90 Å². The Labute approximate surface area is 110 Å². The summed E-state index contributed by atoms with van der Waals surface area (Å²) in [4.78, 5) is 2.94. The number of hydrogen-bond donors (Lipinski definition) is 1. The molecular formula is C12H26N2O2S. The molecule has 0 aromatic heterocycles. The molecule has 0 saturated carbocycles. The molecule has 5 heteroatoms. The molecule has 4 nitrogen and oxygen atoms in total. The zero-order valence-electron chi connectivity index (χ0n) is 11.4. The monoisotopic (exact) mass is 262 g/mol. The summed E-state index contributed by atoms with van der Waals surface area (Å²) in [6, 6.07) is 0.710. The van der Waals surface area contributed by atoms with E-state index < -0.39 is 0 Å². The topological polar surface area (TPSA) is 47.7 Å². The molecular weight excluding hydrogens is 236 g/mol. The summed E-state index contributed by atoms with van der Waals surface area (Å²) in [6.45, 7) is 6.60. The van der Waals surface area contributed by atoms with Crippen molar-refractivity contribution in [3.8, 4) is 0 Å². The zero-order chi connectivity index (χ0) is 13.3. The normalized spacial score (nSPS) is 14.9. The lowest BCUT2D eigenvalue weighted by Crippen LogP contribution is -2.46. The fourth-order valence-electron chi connectivity index (χ4n) is 2.02. The lowest BCUT2D eigenvalue weighted by molar-refractivity contribution is 0.0476. The molecule has 0 heterocycles. The van der Waals surface area contributed by atoms with Gasteiger partial charge in [0.05, 0.1) is 18.2 Å². The van der Waals surface area contributed by atoms with Crippen LogP contribution >= 0.6 is 12.2 Å². The Morgan fingerprint density at radius 2 is 2.00 bits per heavy atom. The third-order valence-electron chi connectivity index (χ3n) is 2.90. The van der Waals surface area contributed by atoms with Gasteiger partial charge in [-0.2, -0.15) is 0 Å². The summed E-state index contributed by atoms with van der Waals surface area (Å²) in [5.74, 6) is 0. The largest absolute Gasteiger partial charge is 0.393 e. The van der Waals surface area contributed by atoms with Crippen LogP contribution in [0.25, 0.3) is 0 Å². The minimum Gasteiger partial charge on any atom is -0.393 e. The molecule has 2 atom stereocenters. The molecule has 17 heavy (non-hydrogen) atoms. The molecule has 0 amide bonds. The van der Waals surface area contributed by atoms with Crippen LogP contribution in [-0.4, -0.2) is 56.0 Å². The molecule has 0 rings (SSSR count). The molecule has 0 saturated heterocycles. The molecule has 0 aromatic carbocycles. The van der Waals surface area contributed by atoms with E-state index in [1.54, 1.807) is 14.2 Å². The number of ether oxygens (including phenoxy) is 2. The van der Waals surface area contributed by atoms with Crippen LogP contribution < -0.4 is 5.73 Å². The number of thiocarbonyl (C=S) groups is 1. The second kappa shape index (κ2) is 9.76. The van der Waals surface area contributed by atoms with E-state index in [0.29, 0.717) is 30.3 Å². The highest BCUT2D eigenvalue weighted by Gasteiger charge is 2.22. The minimum absolute atomic E-state index is 0.342. The van der Waals surface area contributed by atoms with Crippen LogP contribution in [0, 0.1) is 0 Å². The highest BCUT2D eigenvalue weighted by molar-refractivity contribution is 7.80. The molecule has 0 aliphatic heterocycles. The first-order valence-electron chi connectivity index (χ1n) is 6.08. The van der Waals surface area contributed by atoms with Crippen LogP contribution in [0.3, 0.4) is 0 Å². The summed E-state index contributed by atoms with van der Waals surface area (Å²) < 4.78 is 10.4. The molecule has 0 bridgehead atoms. The van der Waals surface area contributed by atoms with E-state index in [2.05, 4.69) is 18.7 Å². The van der Waals surface area contributed by atoms with Gasteiger partial charge in [-0.15, -0.1) is 0 Å². The third kappa shape index (κ3) is 6.93. The lowest BCUT2D eigenvalue weighted by Gasteiger charge is -2.35. The first-order valence-corrected chi connectivity index (χ1v) is 6.49. The van der Waals surface area contributed by atoms with Gasteiger partial charge in [-0.05, 0) is 13.3 Å². The van der Waals surface area contributed by atoms with Gasteiger partial charge in [-0.25, -0.2) is 0 Å². The Kier molecular flexibility index (Phi) is 9.63. The van der Waals surface area contributed by atoms with E-state index in [1.165, 1.54) is 0 Å². The molecule has 0 aliphatic carbocycles. The Morgan fingerprint density at radius 1 is 1.35 bits per heavy atom. The maximum atomic E-state index is 5.65. The number of nitrogens with two attached hydrogens (primary N) is 1. The van der Waals surface area contributed by atoms with Gasteiger partial charge >= 0.3 is 0 Å². The lowest BCUT2D eigenvalue weighted by atomic mass is 10.1. The summed E-state index contributed by atoms with van der Waals surface area (Å²) >= 11 is 5.01. The number of hydrogen-bond acceptors (Lipinski definition) is 4. The quantitative estimate of drug-likeness (QED) is 0.603. The van der Waals surface area contributed by atoms with Crippen molar-refractivity contribution in [2.75, 3.05) is 34.0 Å². The Hall–Kier alpha value is -0.230. The highest BCUT2D eigenvalue weighted by Crippen LogP contribution is 2.13. The van der Waals surface area contributed by atoms with Crippen LogP contribution in [0.2, 0.25) is 0 Å². The smallest absolute Gasteiger partial charge is 0.0743 e. The average Bonchev–Trinajstić information content (AvgIpc) is 2.27. The molecule has 2 unspecified atom stereocenters. The van der Waals surface area contributed by atoms with E-state index in [-0.39, 0.29) is 0 Å². The summed E-state index contributed by atoms with van der Waals surface area (Å²) in [5, 5.41) is 0. The van der Waals surface area contributed by atoms with Gasteiger partial charge in [0.1, 0.15) is 0 Å². The van der Waals surface area contributed by atoms with E-state index in [4.69, 9.17) is 27.4 Å². The van der Waals surface area contributed by atoms with Crippen LogP contribution in [0.15, 0.2) is 0 Å². The summed E-state index contributed by atoms with van der Waals surface area (Å²) in [5.41, 5.74) is 5.65. The van der Waals surface area contributed by atoms with Crippen molar-refractivity contribution in [3.05, 3.63) is 0 Å². The molecule has 0 aromatic rings. The molecule has 102 valence electrons. The Morgan fingerprint density at radius 3 is 2.41 bits per heavy atom. The van der Waals surface area contributed by atoms with Crippen molar-refractivity contribution in [2.45, 2.75) is 38.8 Å². The van der Waals surface area contributed by atoms with Crippen LogP contribution in [0.4, 0.5) is 0 Å². The predicted octanol–water partition coefficient (Wildman–Crippen LogP) is 1.42. The number of nitrogens with zero attached hydrogens (tertiary/aromatic N) is 1. The fraction of sp³-hybridized carbons (Fsp3) is 0.917. The first kappa shape index (κ1) is 16.8. The van der Waals surface area contributed by atoms with Crippen molar-refractivity contribution in [2.24, 2.45) is 5.73 Å². The van der Waals surface area contributed by atoms with Gasteiger partial charge < -0.3 is 15.2 Å². The van der Waals surface area contributed by atoms with Gasteiger partial charge in [0.2, 0.25) is 0 Å². The molecule has 0 fully saturated rings. The van der Waals surface area contributed by atoms with Gasteiger partial charge in [0.25, 0.3) is 0 Å². The fourth-order valence-corrected chi connectivity index (χ4v) is 2.22. The van der Waals surface area contributed by atoms with E-state index in [1.807, 2.05) is 0 Å². The van der Waals surface area contributed by atoms with Crippen LogP contribution in [-0.2, 0) is 9.47 Å². The first-order chi connectivity index (χ1) is 8.06. The molecule has 0 spiro atoms. The van der Waals surface area contributed by atoms with Crippen molar-refractivity contribution in [1.82, 2.24) is 4.90 Å². The van der Waals surface area contributed by atoms with E-state index >= 15 is 0 Å². The SMILES string of the molecule is CCC(CC(N)=S)N(CCOC)C(C)COC. The number of rotatable bonds is 10. The zero-order valence-corrected chi connectivity index (χ0v) is 12.3. The average molecular weight is 262 g/mol. The second-order valence-electron chi connectivity index (χ2n) is 4.27. The van der Waals surface area contributed by atoms with Crippen LogP contribution in [0.1, 0.15) is 26.7 Å². The summed E-state index contributed by atoms with van der Waals surface area (Å²) in [6.07, 6.45) is 1.78. The molecule has 0 aliphatic rings. The minimum atomic E-state index is 0.342. The Balaban J connectivity index is 4.53. The molecule has 2 N–H and O–H groups in total. The van der Waals surface area contributed by atoms with Crippen molar-refractivity contribution in [3.63, 3.8) is 0 Å². The number of methoxy groups -OCH3 is 2. The van der Waals surface area contributed by atoms with Crippen molar-refractivity contribution in [1.29, 1.82) is 0 Å².